The van der Waals surface area contributed by atoms with E-state index in [4.69, 9.17) is 0 Å². The van der Waals surface area contributed by atoms with E-state index in [1.54, 1.807) is 5.57 Å². The first-order valence-corrected chi connectivity index (χ1v) is 6.22. The predicted octanol–water partition coefficient (Wildman–Crippen LogP) is 4.65. The Hall–Kier alpha value is -0.780. The average Bonchev–Trinajstić information content (AvgIpc) is 3.14. The largest absolute Gasteiger partial charge is 0.0847 e. The molecule has 0 amide bonds. The molecule has 15 heavy (non-hydrogen) atoms. The summed E-state index contributed by atoms with van der Waals surface area (Å²) < 4.78 is 0. The molecule has 0 heterocycles. The maximum Gasteiger partial charge on any atom is -0.00491 e. The zero-order chi connectivity index (χ0) is 10.9. The first kappa shape index (κ1) is 10.7. The van der Waals surface area contributed by atoms with E-state index in [1.165, 1.54) is 31.3 Å². The zero-order valence-corrected chi connectivity index (χ0v) is 10.2. The van der Waals surface area contributed by atoms with Crippen molar-refractivity contribution in [1.29, 1.82) is 0 Å². The Kier molecular flexibility index (Phi) is 2.86. The van der Waals surface area contributed by atoms with E-state index in [0.29, 0.717) is 5.41 Å². The first-order valence-electron chi connectivity index (χ1n) is 6.22. The zero-order valence-electron chi connectivity index (χ0n) is 10.2. The molecule has 0 saturated heterocycles. The molecular weight excluding hydrogens is 180 g/mol. The SMILES string of the molecule is CC=C(C)C=CC1CC1(C=C1CC1)CC. The topological polar surface area (TPSA) is 0 Å². The molecule has 2 fully saturated rings. The Bertz CT molecular complexity index is 324. The Balaban J connectivity index is 1.97. The molecule has 82 valence electrons. The van der Waals surface area contributed by atoms with Gasteiger partial charge in [-0.2, -0.15) is 0 Å². The van der Waals surface area contributed by atoms with Crippen LogP contribution in [0, 0.1) is 11.3 Å². The van der Waals surface area contributed by atoms with Crippen molar-refractivity contribution in [2.45, 2.75) is 46.5 Å². The molecule has 0 nitrogen and oxygen atoms in total. The highest BCUT2D eigenvalue weighted by Gasteiger charge is 2.49. The minimum atomic E-state index is 0.552. The molecule has 2 aliphatic rings. The lowest BCUT2D eigenvalue weighted by Gasteiger charge is -2.06. The van der Waals surface area contributed by atoms with Gasteiger partial charge in [0, 0.05) is 0 Å². The number of hydrogen-bond acceptors (Lipinski definition) is 0. The van der Waals surface area contributed by atoms with Gasteiger partial charge in [-0.1, -0.05) is 42.4 Å². The summed E-state index contributed by atoms with van der Waals surface area (Å²) in [5.41, 5.74) is 3.64. The van der Waals surface area contributed by atoms with Gasteiger partial charge in [0.2, 0.25) is 0 Å². The van der Waals surface area contributed by atoms with Gasteiger partial charge in [-0.3, -0.25) is 0 Å². The van der Waals surface area contributed by atoms with Gasteiger partial charge in [-0.25, -0.2) is 0 Å². The van der Waals surface area contributed by atoms with Gasteiger partial charge in [0.1, 0.15) is 0 Å². The van der Waals surface area contributed by atoms with E-state index in [9.17, 15) is 0 Å². The summed E-state index contributed by atoms with van der Waals surface area (Å²) in [6.07, 6.45) is 14.9. The lowest BCUT2D eigenvalue weighted by atomic mass is 9.98. The first-order chi connectivity index (χ1) is 7.20. The van der Waals surface area contributed by atoms with Crippen LogP contribution in [-0.4, -0.2) is 0 Å². The van der Waals surface area contributed by atoms with E-state index in [1.807, 2.05) is 0 Å². The molecule has 0 aromatic carbocycles. The molecule has 2 saturated carbocycles. The second-order valence-corrected chi connectivity index (χ2v) is 5.09. The summed E-state index contributed by atoms with van der Waals surface area (Å²) in [6.45, 7) is 6.60. The van der Waals surface area contributed by atoms with Gasteiger partial charge in [-0.05, 0) is 50.9 Å². The molecule has 0 bridgehead atoms. The van der Waals surface area contributed by atoms with Crippen molar-refractivity contribution in [3.05, 3.63) is 35.5 Å². The van der Waals surface area contributed by atoms with Crippen molar-refractivity contribution in [2.24, 2.45) is 11.3 Å². The number of hydrogen-bond donors (Lipinski definition) is 0. The third kappa shape index (κ3) is 2.42. The van der Waals surface area contributed by atoms with Crippen LogP contribution < -0.4 is 0 Å². The predicted molar refractivity (Wildman–Crippen MR) is 66.7 cm³/mol. The van der Waals surface area contributed by atoms with Crippen LogP contribution >= 0.6 is 0 Å². The Labute approximate surface area is 93.8 Å². The fourth-order valence-electron chi connectivity index (χ4n) is 2.27. The van der Waals surface area contributed by atoms with E-state index in [2.05, 4.69) is 45.1 Å². The van der Waals surface area contributed by atoms with E-state index < -0.39 is 0 Å². The summed E-state index contributed by atoms with van der Waals surface area (Å²) in [5, 5.41) is 0. The van der Waals surface area contributed by atoms with Crippen LogP contribution in [0.15, 0.2) is 35.5 Å². The highest BCUT2D eigenvalue weighted by Crippen LogP contribution is 2.59. The fourth-order valence-corrected chi connectivity index (χ4v) is 2.27. The highest BCUT2D eigenvalue weighted by atomic mass is 14.5. The monoisotopic (exact) mass is 202 g/mol. The van der Waals surface area contributed by atoms with Gasteiger partial charge in [-0.15, -0.1) is 0 Å². The van der Waals surface area contributed by atoms with Crippen molar-refractivity contribution in [3.63, 3.8) is 0 Å². The van der Waals surface area contributed by atoms with E-state index in [0.717, 1.165) is 5.92 Å². The van der Waals surface area contributed by atoms with Crippen LogP contribution in [0.4, 0.5) is 0 Å². The molecule has 2 aliphatic carbocycles. The maximum absolute atomic E-state index is 2.58. The van der Waals surface area contributed by atoms with Gasteiger partial charge < -0.3 is 0 Å². The smallest absolute Gasteiger partial charge is 0.00491 e. The quantitative estimate of drug-likeness (QED) is 0.460. The molecule has 2 rings (SSSR count). The van der Waals surface area contributed by atoms with Gasteiger partial charge in [0.15, 0.2) is 0 Å². The van der Waals surface area contributed by atoms with Crippen LogP contribution in [0.3, 0.4) is 0 Å². The summed E-state index contributed by atoms with van der Waals surface area (Å²) in [5.74, 6) is 0.811. The third-order valence-corrected chi connectivity index (χ3v) is 3.91. The molecule has 0 radical (unpaired) electrons. The van der Waals surface area contributed by atoms with Gasteiger partial charge >= 0.3 is 0 Å². The van der Waals surface area contributed by atoms with Crippen LogP contribution in [0.1, 0.15) is 46.5 Å². The fraction of sp³-hybridized carbons (Fsp3) is 0.600. The molecule has 0 N–H and O–H groups in total. The maximum atomic E-state index is 2.58. The molecule has 0 spiro atoms. The summed E-state index contributed by atoms with van der Waals surface area (Å²) >= 11 is 0. The lowest BCUT2D eigenvalue weighted by molar-refractivity contribution is 0.587. The molecule has 0 heteroatoms. The van der Waals surface area contributed by atoms with Crippen molar-refractivity contribution in [1.82, 2.24) is 0 Å². The van der Waals surface area contributed by atoms with Crippen LogP contribution in [0.2, 0.25) is 0 Å². The highest BCUT2D eigenvalue weighted by molar-refractivity contribution is 5.30. The second kappa shape index (κ2) is 4.00. The van der Waals surface area contributed by atoms with Crippen molar-refractivity contribution in [2.75, 3.05) is 0 Å². The molecule has 0 aliphatic heterocycles. The van der Waals surface area contributed by atoms with Crippen molar-refractivity contribution >= 4 is 0 Å². The minimum absolute atomic E-state index is 0.552. The van der Waals surface area contributed by atoms with Crippen LogP contribution in [-0.2, 0) is 0 Å². The minimum Gasteiger partial charge on any atom is -0.0847 e. The Morgan fingerprint density at radius 1 is 1.47 bits per heavy atom. The second-order valence-electron chi connectivity index (χ2n) is 5.09. The number of allylic oxidation sites excluding steroid dienone is 6. The summed E-state index contributed by atoms with van der Waals surface area (Å²) in [6, 6.07) is 0. The molecule has 0 aromatic rings. The Morgan fingerprint density at radius 3 is 2.73 bits per heavy atom. The summed E-state index contributed by atoms with van der Waals surface area (Å²) in [4.78, 5) is 0. The van der Waals surface area contributed by atoms with Crippen LogP contribution in [0.25, 0.3) is 0 Å². The van der Waals surface area contributed by atoms with E-state index in [-0.39, 0.29) is 0 Å². The van der Waals surface area contributed by atoms with Crippen LogP contribution in [0.5, 0.6) is 0 Å². The molecule has 2 unspecified atom stereocenters. The third-order valence-electron chi connectivity index (χ3n) is 3.91. The normalized spacial score (nSPS) is 34.7. The number of rotatable bonds is 4. The average molecular weight is 202 g/mol. The standard InChI is InChI=1S/C15H22/c1-4-12(3)6-9-14-11-15(14,5-2)10-13-7-8-13/h4,6,9-10,14H,5,7-8,11H2,1-3H3. The van der Waals surface area contributed by atoms with Gasteiger partial charge in [0.25, 0.3) is 0 Å². The van der Waals surface area contributed by atoms with Crippen molar-refractivity contribution in [3.8, 4) is 0 Å². The summed E-state index contributed by atoms with van der Waals surface area (Å²) in [7, 11) is 0. The van der Waals surface area contributed by atoms with Gasteiger partial charge in [0.05, 0.1) is 0 Å². The molecule has 2 atom stereocenters. The van der Waals surface area contributed by atoms with E-state index >= 15 is 0 Å². The lowest BCUT2D eigenvalue weighted by Crippen LogP contribution is -1.96. The Morgan fingerprint density at radius 2 is 2.20 bits per heavy atom. The molecule has 0 aromatic heterocycles. The molecular formula is C15H22. The van der Waals surface area contributed by atoms with Crippen molar-refractivity contribution < 1.29 is 0 Å².